The van der Waals surface area contributed by atoms with Crippen molar-refractivity contribution in [3.63, 3.8) is 0 Å². The predicted molar refractivity (Wildman–Crippen MR) is 46.8 cm³/mol. The molecule has 4 nitrogen and oxygen atoms in total. The van der Waals surface area contributed by atoms with Gasteiger partial charge in [0.15, 0.2) is 0 Å². The van der Waals surface area contributed by atoms with Crippen molar-refractivity contribution < 1.29 is 19.1 Å². The highest BCUT2D eigenvalue weighted by Gasteiger charge is 2.00. The van der Waals surface area contributed by atoms with Crippen LogP contribution in [0.2, 0.25) is 0 Å². The fourth-order valence-electron chi connectivity index (χ4n) is 0.556. The molecule has 0 aromatic carbocycles. The number of esters is 2. The van der Waals surface area contributed by atoms with Crippen LogP contribution in [0.1, 0.15) is 26.7 Å². The maximum absolute atomic E-state index is 10.6. The normalized spacial score (nSPS) is 9.38. The molecule has 0 aromatic rings. The number of hydrogen-bond donors (Lipinski definition) is 0. The summed E-state index contributed by atoms with van der Waals surface area (Å²) >= 11 is 0. The quantitative estimate of drug-likeness (QED) is 0.461. The average Bonchev–Trinajstić information content (AvgIpc) is 2.16. The first-order valence-electron chi connectivity index (χ1n) is 4.33. The molecule has 0 atom stereocenters. The summed E-state index contributed by atoms with van der Waals surface area (Å²) in [5.41, 5.74) is 0. The van der Waals surface area contributed by atoms with Gasteiger partial charge in [-0.2, -0.15) is 0 Å². The van der Waals surface area contributed by atoms with E-state index in [0.717, 1.165) is 0 Å². The van der Waals surface area contributed by atoms with Crippen LogP contribution in [-0.2, 0) is 19.1 Å². The van der Waals surface area contributed by atoms with Crippen LogP contribution in [0.25, 0.3) is 0 Å². The molecule has 0 saturated carbocycles. The van der Waals surface area contributed by atoms with Crippen LogP contribution in [0.3, 0.4) is 0 Å². The third-order valence-electron chi connectivity index (χ3n) is 1.30. The van der Waals surface area contributed by atoms with E-state index in [-0.39, 0.29) is 25.2 Å². The first kappa shape index (κ1) is 11.9. The van der Waals surface area contributed by atoms with Crippen LogP contribution in [0, 0.1) is 6.42 Å². The van der Waals surface area contributed by atoms with E-state index < -0.39 is 0 Å². The van der Waals surface area contributed by atoms with Gasteiger partial charge >= 0.3 is 11.9 Å². The third kappa shape index (κ3) is 7.31. The largest absolute Gasteiger partial charge is 0.465 e. The fourth-order valence-corrected chi connectivity index (χ4v) is 0.556. The van der Waals surface area contributed by atoms with Crippen LogP contribution in [0.15, 0.2) is 0 Å². The summed E-state index contributed by atoms with van der Waals surface area (Å²) in [6.07, 6.45) is 2.33. The van der Waals surface area contributed by atoms with Crippen molar-refractivity contribution in [3.8, 4) is 0 Å². The van der Waals surface area contributed by atoms with E-state index in [4.69, 9.17) is 9.47 Å². The van der Waals surface area contributed by atoms with Gasteiger partial charge in [-0.1, -0.05) is 13.8 Å². The summed E-state index contributed by atoms with van der Waals surface area (Å²) in [6.45, 7) is 3.84. The minimum Gasteiger partial charge on any atom is -0.465 e. The van der Waals surface area contributed by atoms with Crippen LogP contribution in [0.4, 0.5) is 0 Å². The number of ether oxygens (including phenoxy) is 2. The molecule has 0 spiro atoms. The molecule has 0 bridgehead atoms. The second kappa shape index (κ2) is 7.58. The maximum atomic E-state index is 10.6. The molecule has 0 aromatic heterocycles. The summed E-state index contributed by atoms with van der Waals surface area (Å²) in [4.78, 5) is 21.2. The molecule has 0 aliphatic rings. The second-order valence-electron chi connectivity index (χ2n) is 2.36. The first-order valence-corrected chi connectivity index (χ1v) is 4.33. The van der Waals surface area contributed by atoms with E-state index in [1.165, 1.54) is 0 Å². The van der Waals surface area contributed by atoms with Gasteiger partial charge in [0.1, 0.15) is 0 Å². The standard InChI is InChI=1S/C9H15O4/c1-3-8(10)12-6-5-7-13-9(11)4-2/h5H,3-4,6-7H2,1-2H3. The molecule has 0 heterocycles. The Labute approximate surface area is 78.2 Å². The Bertz CT molecular complexity index is 147. The molecule has 4 heteroatoms. The molecule has 0 N–H and O–H groups in total. The molecule has 0 rings (SSSR count). The molecule has 0 unspecified atom stereocenters. The van der Waals surface area contributed by atoms with Crippen LogP contribution in [0.5, 0.6) is 0 Å². The molecule has 0 amide bonds. The van der Waals surface area contributed by atoms with Gasteiger partial charge in [0.25, 0.3) is 0 Å². The van der Waals surface area contributed by atoms with Gasteiger partial charge in [0.2, 0.25) is 0 Å². The van der Waals surface area contributed by atoms with E-state index in [1.807, 2.05) is 0 Å². The number of carbonyl (C=O) groups is 2. The number of rotatable bonds is 6. The molecule has 0 aliphatic carbocycles. The van der Waals surface area contributed by atoms with E-state index >= 15 is 0 Å². The lowest BCUT2D eigenvalue weighted by molar-refractivity contribution is -0.143. The highest BCUT2D eigenvalue weighted by atomic mass is 16.5. The molecule has 1 radical (unpaired) electrons. The van der Waals surface area contributed by atoms with E-state index in [0.29, 0.717) is 12.8 Å². The lowest BCUT2D eigenvalue weighted by Crippen LogP contribution is -2.09. The SMILES string of the molecule is CCC(=O)OC[CH]COC(=O)CC. The average molecular weight is 187 g/mol. The molecule has 13 heavy (non-hydrogen) atoms. The van der Waals surface area contributed by atoms with Crippen molar-refractivity contribution in [3.05, 3.63) is 6.42 Å². The number of carbonyl (C=O) groups excluding carboxylic acids is 2. The maximum Gasteiger partial charge on any atom is 0.305 e. The first-order chi connectivity index (χ1) is 6.20. The van der Waals surface area contributed by atoms with E-state index in [1.54, 1.807) is 20.3 Å². The summed E-state index contributed by atoms with van der Waals surface area (Å²) < 4.78 is 9.44. The molecule has 0 aliphatic heterocycles. The van der Waals surface area contributed by atoms with Crippen molar-refractivity contribution in [1.29, 1.82) is 0 Å². The number of hydrogen-bond acceptors (Lipinski definition) is 4. The Morgan fingerprint density at radius 1 is 1.00 bits per heavy atom. The summed E-state index contributed by atoms with van der Waals surface area (Å²) in [5, 5.41) is 0. The molecular weight excluding hydrogens is 172 g/mol. The Hall–Kier alpha value is -1.06. The van der Waals surface area contributed by atoms with E-state index in [9.17, 15) is 9.59 Å². The van der Waals surface area contributed by atoms with Crippen molar-refractivity contribution in [2.24, 2.45) is 0 Å². The Morgan fingerprint density at radius 2 is 1.38 bits per heavy atom. The fraction of sp³-hybridized carbons (Fsp3) is 0.667. The zero-order valence-electron chi connectivity index (χ0n) is 8.04. The highest BCUT2D eigenvalue weighted by Crippen LogP contribution is 1.90. The predicted octanol–water partition coefficient (Wildman–Crippen LogP) is 1.10. The topological polar surface area (TPSA) is 52.6 Å². The Morgan fingerprint density at radius 3 is 1.69 bits per heavy atom. The van der Waals surface area contributed by atoms with Crippen molar-refractivity contribution in [2.45, 2.75) is 26.7 Å². The molecule has 0 fully saturated rings. The van der Waals surface area contributed by atoms with Gasteiger partial charge in [0, 0.05) is 19.3 Å². The van der Waals surface area contributed by atoms with Gasteiger partial charge in [-0.25, -0.2) is 0 Å². The van der Waals surface area contributed by atoms with Crippen molar-refractivity contribution >= 4 is 11.9 Å². The summed E-state index contributed by atoms with van der Waals surface area (Å²) in [6, 6.07) is 0. The van der Waals surface area contributed by atoms with Gasteiger partial charge in [0.05, 0.1) is 13.2 Å². The molecule has 0 saturated heterocycles. The van der Waals surface area contributed by atoms with Crippen LogP contribution in [-0.4, -0.2) is 25.2 Å². The smallest absolute Gasteiger partial charge is 0.305 e. The van der Waals surface area contributed by atoms with Gasteiger partial charge in [-0.15, -0.1) is 0 Å². The third-order valence-corrected chi connectivity index (χ3v) is 1.30. The highest BCUT2D eigenvalue weighted by molar-refractivity contribution is 5.69. The Balaban J connectivity index is 3.17. The van der Waals surface area contributed by atoms with Gasteiger partial charge in [-0.3, -0.25) is 9.59 Å². The minimum atomic E-state index is -0.252. The minimum absolute atomic E-state index is 0.198. The zero-order chi connectivity index (χ0) is 10.1. The molecule has 75 valence electrons. The van der Waals surface area contributed by atoms with E-state index in [2.05, 4.69) is 0 Å². The van der Waals surface area contributed by atoms with Crippen LogP contribution >= 0.6 is 0 Å². The van der Waals surface area contributed by atoms with Gasteiger partial charge < -0.3 is 9.47 Å². The zero-order valence-corrected chi connectivity index (χ0v) is 8.04. The summed E-state index contributed by atoms with van der Waals surface area (Å²) in [5.74, 6) is -0.504. The van der Waals surface area contributed by atoms with Gasteiger partial charge in [-0.05, 0) is 0 Å². The van der Waals surface area contributed by atoms with Crippen molar-refractivity contribution in [2.75, 3.05) is 13.2 Å². The lowest BCUT2D eigenvalue weighted by Gasteiger charge is -2.03. The monoisotopic (exact) mass is 187 g/mol. The Kier molecular flexibility index (Phi) is 6.96. The molecular formula is C9H15O4. The summed E-state index contributed by atoms with van der Waals surface area (Å²) in [7, 11) is 0. The second-order valence-corrected chi connectivity index (χ2v) is 2.36. The lowest BCUT2D eigenvalue weighted by atomic mass is 10.4. The van der Waals surface area contributed by atoms with Crippen molar-refractivity contribution in [1.82, 2.24) is 0 Å². The van der Waals surface area contributed by atoms with Crippen LogP contribution < -0.4 is 0 Å².